The lowest BCUT2D eigenvalue weighted by Gasteiger charge is -2.19. The highest BCUT2D eigenvalue weighted by Crippen LogP contribution is 2.28. The molecule has 11 heteroatoms. The lowest BCUT2D eigenvalue weighted by molar-refractivity contribution is 0.0775. The van der Waals surface area contributed by atoms with Crippen molar-refractivity contribution in [3.05, 3.63) is 80.7 Å². The SMILES string of the molecule is C=CCN(N)C(=O)c1cc(Cl)cc(C)c1NC(=O)c1cc(Br)nn1-c1ncccc1Cl. The fourth-order valence-corrected chi connectivity index (χ4v) is 3.69. The molecule has 31 heavy (non-hydrogen) atoms. The minimum Gasteiger partial charge on any atom is -0.320 e. The van der Waals surface area contributed by atoms with Crippen LogP contribution in [0.3, 0.4) is 0 Å². The zero-order chi connectivity index (χ0) is 22.7. The van der Waals surface area contributed by atoms with Gasteiger partial charge in [-0.3, -0.25) is 14.6 Å². The second-order valence-electron chi connectivity index (χ2n) is 6.42. The summed E-state index contributed by atoms with van der Waals surface area (Å²) in [5.74, 6) is 5.02. The van der Waals surface area contributed by atoms with Gasteiger partial charge in [0.25, 0.3) is 11.8 Å². The molecule has 160 valence electrons. The van der Waals surface area contributed by atoms with Crippen LogP contribution in [0.15, 0.2) is 53.8 Å². The van der Waals surface area contributed by atoms with Crippen molar-refractivity contribution in [2.24, 2.45) is 5.84 Å². The van der Waals surface area contributed by atoms with Crippen LogP contribution in [0.1, 0.15) is 26.4 Å². The van der Waals surface area contributed by atoms with Crippen LogP contribution >= 0.6 is 39.1 Å². The molecular formula is C20H17BrCl2N6O2. The van der Waals surface area contributed by atoms with Crippen molar-refractivity contribution in [2.75, 3.05) is 11.9 Å². The topological polar surface area (TPSA) is 106 Å². The van der Waals surface area contributed by atoms with E-state index in [0.717, 1.165) is 5.01 Å². The average molecular weight is 524 g/mol. The standard InChI is InChI=1S/C20H17BrCl2N6O2/c1-3-7-28(24)20(31)13-9-12(22)8-11(2)17(13)26-19(30)15-10-16(21)27-29(15)18-14(23)5-4-6-25-18/h3-6,8-10H,1,7,24H2,2H3,(H,26,30). The zero-order valence-electron chi connectivity index (χ0n) is 16.3. The van der Waals surface area contributed by atoms with E-state index in [1.54, 1.807) is 25.1 Å². The first kappa shape index (κ1) is 23.0. The number of amides is 2. The third-order valence-electron chi connectivity index (χ3n) is 4.21. The van der Waals surface area contributed by atoms with Crippen LogP contribution in [0.2, 0.25) is 10.0 Å². The minimum atomic E-state index is -0.535. The molecule has 0 bridgehead atoms. The van der Waals surface area contributed by atoms with Crippen molar-refractivity contribution in [1.29, 1.82) is 0 Å². The van der Waals surface area contributed by atoms with Crippen LogP contribution in [0.25, 0.3) is 5.82 Å². The maximum atomic E-state index is 13.2. The average Bonchev–Trinajstić information content (AvgIpc) is 3.11. The number of halogens is 3. The van der Waals surface area contributed by atoms with Crippen LogP contribution in [-0.4, -0.2) is 38.1 Å². The molecule has 1 aromatic carbocycles. The van der Waals surface area contributed by atoms with E-state index in [4.69, 9.17) is 29.0 Å². The van der Waals surface area contributed by atoms with Crippen LogP contribution in [-0.2, 0) is 0 Å². The van der Waals surface area contributed by atoms with Gasteiger partial charge < -0.3 is 5.32 Å². The summed E-state index contributed by atoms with van der Waals surface area (Å²) < 4.78 is 1.71. The molecule has 0 fully saturated rings. The van der Waals surface area contributed by atoms with Gasteiger partial charge in [0, 0.05) is 17.3 Å². The maximum absolute atomic E-state index is 13.2. The Labute approximate surface area is 196 Å². The monoisotopic (exact) mass is 522 g/mol. The summed E-state index contributed by atoms with van der Waals surface area (Å²) in [5, 5.41) is 8.63. The molecule has 2 heterocycles. The summed E-state index contributed by atoms with van der Waals surface area (Å²) in [4.78, 5) is 30.2. The van der Waals surface area contributed by atoms with E-state index in [1.807, 2.05) is 0 Å². The van der Waals surface area contributed by atoms with Crippen molar-refractivity contribution in [1.82, 2.24) is 19.8 Å². The smallest absolute Gasteiger partial charge is 0.274 e. The highest BCUT2D eigenvalue weighted by atomic mass is 79.9. The van der Waals surface area contributed by atoms with E-state index in [-0.39, 0.29) is 29.3 Å². The molecule has 0 saturated heterocycles. The number of aromatic nitrogens is 3. The maximum Gasteiger partial charge on any atom is 0.274 e. The first-order valence-electron chi connectivity index (χ1n) is 8.88. The number of anilines is 1. The number of nitrogens with zero attached hydrogens (tertiary/aromatic N) is 4. The van der Waals surface area contributed by atoms with Gasteiger partial charge in [-0.1, -0.05) is 29.3 Å². The Balaban J connectivity index is 2.03. The van der Waals surface area contributed by atoms with Gasteiger partial charge in [0.05, 0.1) is 22.8 Å². The summed E-state index contributed by atoms with van der Waals surface area (Å²) in [6.45, 7) is 5.41. The van der Waals surface area contributed by atoms with E-state index in [0.29, 0.717) is 20.2 Å². The zero-order valence-corrected chi connectivity index (χ0v) is 19.4. The summed E-state index contributed by atoms with van der Waals surface area (Å²) in [6, 6.07) is 7.89. The first-order chi connectivity index (χ1) is 14.7. The molecule has 0 atom stereocenters. The summed E-state index contributed by atoms with van der Waals surface area (Å²) in [7, 11) is 0. The third-order valence-corrected chi connectivity index (χ3v) is 5.11. The lowest BCUT2D eigenvalue weighted by Crippen LogP contribution is -2.38. The fourth-order valence-electron chi connectivity index (χ4n) is 2.84. The van der Waals surface area contributed by atoms with Gasteiger partial charge in [-0.05, 0) is 52.7 Å². The Morgan fingerprint density at radius 1 is 1.35 bits per heavy atom. The summed E-state index contributed by atoms with van der Waals surface area (Å²) in [5.41, 5.74) is 1.15. The first-order valence-corrected chi connectivity index (χ1v) is 10.4. The molecule has 2 aromatic heterocycles. The number of benzene rings is 1. The molecule has 0 radical (unpaired) electrons. The number of rotatable bonds is 6. The molecule has 0 spiro atoms. The Morgan fingerprint density at radius 2 is 2.10 bits per heavy atom. The van der Waals surface area contributed by atoms with Crippen molar-refractivity contribution >= 4 is 56.6 Å². The van der Waals surface area contributed by atoms with E-state index >= 15 is 0 Å². The number of carbonyl (C=O) groups excluding carboxylic acids is 2. The van der Waals surface area contributed by atoms with Gasteiger partial charge >= 0.3 is 0 Å². The number of hydrazine groups is 1. The Hall–Kier alpha value is -2.72. The van der Waals surface area contributed by atoms with E-state index in [2.05, 4.69) is 37.9 Å². The second kappa shape index (κ2) is 9.61. The number of aryl methyl sites for hydroxylation is 1. The molecule has 8 nitrogen and oxygen atoms in total. The molecule has 3 rings (SSSR count). The van der Waals surface area contributed by atoms with E-state index < -0.39 is 11.8 Å². The number of nitrogens with one attached hydrogen (secondary N) is 1. The highest BCUT2D eigenvalue weighted by Gasteiger charge is 2.23. The van der Waals surface area contributed by atoms with Crippen LogP contribution in [0.4, 0.5) is 5.69 Å². The van der Waals surface area contributed by atoms with Gasteiger partial charge in [-0.15, -0.1) is 6.58 Å². The largest absolute Gasteiger partial charge is 0.320 e. The molecule has 0 aliphatic rings. The second-order valence-corrected chi connectivity index (χ2v) is 8.07. The van der Waals surface area contributed by atoms with Gasteiger partial charge in [0.15, 0.2) is 5.82 Å². The van der Waals surface area contributed by atoms with Gasteiger partial charge in [0.1, 0.15) is 10.3 Å². The van der Waals surface area contributed by atoms with Crippen molar-refractivity contribution in [3.63, 3.8) is 0 Å². The summed E-state index contributed by atoms with van der Waals surface area (Å²) >= 11 is 15.6. The molecule has 0 unspecified atom stereocenters. The Bertz CT molecular complexity index is 1180. The predicted octanol–water partition coefficient (Wildman–Crippen LogP) is 4.40. The molecular weight excluding hydrogens is 507 g/mol. The van der Waals surface area contributed by atoms with Crippen LogP contribution < -0.4 is 11.2 Å². The number of hydrogen-bond donors (Lipinski definition) is 2. The molecule has 0 saturated carbocycles. The van der Waals surface area contributed by atoms with Crippen molar-refractivity contribution in [2.45, 2.75) is 6.92 Å². The van der Waals surface area contributed by atoms with E-state index in [9.17, 15) is 9.59 Å². The van der Waals surface area contributed by atoms with Crippen LogP contribution in [0, 0.1) is 6.92 Å². The molecule has 0 aliphatic carbocycles. The number of hydrogen-bond acceptors (Lipinski definition) is 5. The Kier molecular flexibility index (Phi) is 7.11. The van der Waals surface area contributed by atoms with Crippen molar-refractivity contribution in [3.8, 4) is 5.82 Å². The normalized spacial score (nSPS) is 10.6. The molecule has 3 N–H and O–H groups in total. The van der Waals surface area contributed by atoms with Crippen LogP contribution in [0.5, 0.6) is 0 Å². The summed E-state index contributed by atoms with van der Waals surface area (Å²) in [6.07, 6.45) is 3.02. The third kappa shape index (κ3) is 4.96. The molecule has 2 amide bonds. The highest BCUT2D eigenvalue weighted by molar-refractivity contribution is 9.10. The number of nitrogens with two attached hydrogens (primary N) is 1. The quantitative estimate of drug-likeness (QED) is 0.215. The fraction of sp³-hybridized carbons (Fsp3) is 0.100. The molecule has 3 aromatic rings. The number of pyridine rings is 1. The Morgan fingerprint density at radius 3 is 2.77 bits per heavy atom. The van der Waals surface area contributed by atoms with E-state index in [1.165, 1.54) is 29.1 Å². The van der Waals surface area contributed by atoms with Crippen molar-refractivity contribution < 1.29 is 9.59 Å². The molecule has 0 aliphatic heterocycles. The lowest BCUT2D eigenvalue weighted by atomic mass is 10.1. The van der Waals surface area contributed by atoms with Gasteiger partial charge in [-0.2, -0.15) is 5.10 Å². The predicted molar refractivity (Wildman–Crippen MR) is 124 cm³/mol. The number of carbonyl (C=O) groups is 2. The van der Waals surface area contributed by atoms with Gasteiger partial charge in [0.2, 0.25) is 0 Å². The minimum absolute atomic E-state index is 0.121. The van der Waals surface area contributed by atoms with Gasteiger partial charge in [-0.25, -0.2) is 15.5 Å².